The van der Waals surface area contributed by atoms with E-state index < -0.39 is 0 Å². The molecular weight excluding hydrogens is 416 g/mol. The smallest absolute Gasteiger partial charge is 0.153 e. The van der Waals surface area contributed by atoms with Crippen molar-refractivity contribution in [1.82, 2.24) is 19.7 Å². The molecule has 0 radical (unpaired) electrons. The third-order valence-electron chi connectivity index (χ3n) is 6.11. The Morgan fingerprint density at radius 2 is 1.94 bits per heavy atom. The molecule has 0 aliphatic carbocycles. The zero-order valence-corrected chi connectivity index (χ0v) is 19.1. The van der Waals surface area contributed by atoms with E-state index in [-0.39, 0.29) is 12.0 Å². The van der Waals surface area contributed by atoms with Gasteiger partial charge in [0.25, 0.3) is 0 Å². The van der Waals surface area contributed by atoms with Gasteiger partial charge in [0.1, 0.15) is 5.75 Å². The van der Waals surface area contributed by atoms with E-state index >= 15 is 0 Å². The lowest BCUT2D eigenvalue weighted by Crippen LogP contribution is -2.33. The molecule has 0 fully saturated rings. The van der Waals surface area contributed by atoms with Gasteiger partial charge >= 0.3 is 0 Å². The summed E-state index contributed by atoms with van der Waals surface area (Å²) in [6, 6.07) is 14.1. The topological polar surface area (TPSA) is 77.7 Å². The lowest BCUT2D eigenvalue weighted by Gasteiger charge is -2.29. The number of ether oxygens (including phenoxy) is 1. The summed E-state index contributed by atoms with van der Waals surface area (Å²) in [5.41, 5.74) is 6.38. The van der Waals surface area contributed by atoms with Gasteiger partial charge in [0.2, 0.25) is 0 Å². The quantitative estimate of drug-likeness (QED) is 0.435. The highest BCUT2D eigenvalue weighted by Crippen LogP contribution is 2.33. The van der Waals surface area contributed by atoms with Crippen molar-refractivity contribution in [2.45, 2.75) is 20.0 Å². The number of aryl methyl sites for hydroxylation is 1. The maximum Gasteiger partial charge on any atom is 0.153 e. The van der Waals surface area contributed by atoms with Crippen molar-refractivity contribution in [3.8, 4) is 17.0 Å². The molecule has 0 N–H and O–H groups in total. The first kappa shape index (κ1) is 20.9. The standard InChI is InChI=1S/C25H26N6O2/c1-16-17(2)29-33-25(16)15-31(19-6-5-7-21(10-19)32-4)20-8-9-22-23(11-20)28-24(13-26-22)18-12-27-30(3)14-18/h5-14,16,25H,15H2,1-4H3. The molecule has 0 amide bonds. The van der Waals surface area contributed by atoms with E-state index in [4.69, 9.17) is 14.6 Å². The molecule has 8 heteroatoms. The van der Waals surface area contributed by atoms with Crippen LogP contribution in [0.3, 0.4) is 0 Å². The van der Waals surface area contributed by atoms with E-state index in [0.717, 1.165) is 45.1 Å². The molecule has 0 spiro atoms. The minimum absolute atomic E-state index is 0.0558. The van der Waals surface area contributed by atoms with Gasteiger partial charge in [-0.3, -0.25) is 9.67 Å². The molecule has 5 rings (SSSR count). The second kappa shape index (κ2) is 8.54. The zero-order valence-electron chi connectivity index (χ0n) is 19.1. The SMILES string of the molecule is COc1cccc(N(CC2ON=C(C)C2C)c2ccc3ncc(-c4cnn(C)c4)nc3c2)c1. The molecule has 2 unspecified atom stereocenters. The maximum atomic E-state index is 5.75. The van der Waals surface area contributed by atoms with Crippen LogP contribution in [0.15, 0.2) is 66.2 Å². The van der Waals surface area contributed by atoms with E-state index in [9.17, 15) is 0 Å². The van der Waals surface area contributed by atoms with E-state index in [1.54, 1.807) is 24.2 Å². The summed E-state index contributed by atoms with van der Waals surface area (Å²) in [4.78, 5) is 17.4. The van der Waals surface area contributed by atoms with Crippen LogP contribution in [0.5, 0.6) is 5.75 Å². The molecule has 2 aromatic carbocycles. The molecule has 0 saturated carbocycles. The molecule has 2 atom stereocenters. The fraction of sp³-hybridized carbons (Fsp3) is 0.280. The third kappa shape index (κ3) is 4.11. The number of oxime groups is 1. The van der Waals surface area contributed by atoms with Gasteiger partial charge in [-0.1, -0.05) is 18.1 Å². The van der Waals surface area contributed by atoms with E-state index in [1.807, 2.05) is 44.4 Å². The highest BCUT2D eigenvalue weighted by atomic mass is 16.6. The Morgan fingerprint density at radius 3 is 2.67 bits per heavy atom. The van der Waals surface area contributed by atoms with Crippen LogP contribution in [0.4, 0.5) is 11.4 Å². The van der Waals surface area contributed by atoms with Crippen molar-refractivity contribution in [2.24, 2.45) is 18.1 Å². The van der Waals surface area contributed by atoms with E-state index in [0.29, 0.717) is 6.54 Å². The van der Waals surface area contributed by atoms with E-state index in [1.165, 1.54) is 0 Å². The van der Waals surface area contributed by atoms with Crippen molar-refractivity contribution in [3.63, 3.8) is 0 Å². The van der Waals surface area contributed by atoms with Crippen molar-refractivity contribution in [2.75, 3.05) is 18.6 Å². The fourth-order valence-electron chi connectivity index (χ4n) is 3.96. The van der Waals surface area contributed by atoms with Crippen LogP contribution in [0.1, 0.15) is 13.8 Å². The Bertz CT molecular complexity index is 1330. The van der Waals surface area contributed by atoms with Gasteiger partial charge in [-0.15, -0.1) is 0 Å². The van der Waals surface area contributed by atoms with Gasteiger partial charge in [-0.2, -0.15) is 5.10 Å². The zero-order chi connectivity index (χ0) is 22.9. The second-order valence-electron chi connectivity index (χ2n) is 8.31. The minimum Gasteiger partial charge on any atom is -0.497 e. The minimum atomic E-state index is -0.0558. The van der Waals surface area contributed by atoms with Crippen molar-refractivity contribution >= 4 is 28.1 Å². The second-order valence-corrected chi connectivity index (χ2v) is 8.31. The highest BCUT2D eigenvalue weighted by molar-refractivity contribution is 5.86. The molecule has 4 aromatic rings. The molecule has 3 heterocycles. The van der Waals surface area contributed by atoms with Gasteiger partial charge in [0, 0.05) is 42.2 Å². The Kier molecular flexibility index (Phi) is 5.42. The largest absolute Gasteiger partial charge is 0.497 e. The first-order valence-corrected chi connectivity index (χ1v) is 10.9. The van der Waals surface area contributed by atoms with Gasteiger partial charge in [-0.25, -0.2) is 4.98 Å². The number of anilines is 2. The summed E-state index contributed by atoms with van der Waals surface area (Å²) < 4.78 is 7.23. The lowest BCUT2D eigenvalue weighted by atomic mass is 10.00. The van der Waals surface area contributed by atoms with Crippen molar-refractivity contribution < 1.29 is 9.57 Å². The van der Waals surface area contributed by atoms with Gasteiger partial charge in [0.15, 0.2) is 6.10 Å². The number of methoxy groups -OCH3 is 1. The van der Waals surface area contributed by atoms with Crippen LogP contribution in [0, 0.1) is 5.92 Å². The predicted octanol–water partition coefficient (Wildman–Crippen LogP) is 4.59. The summed E-state index contributed by atoms with van der Waals surface area (Å²) >= 11 is 0. The first-order chi connectivity index (χ1) is 16.0. The predicted molar refractivity (Wildman–Crippen MR) is 129 cm³/mol. The lowest BCUT2D eigenvalue weighted by molar-refractivity contribution is 0.0722. The van der Waals surface area contributed by atoms with Gasteiger partial charge in [-0.05, 0) is 37.3 Å². The van der Waals surface area contributed by atoms with Crippen LogP contribution < -0.4 is 9.64 Å². The maximum absolute atomic E-state index is 5.75. The van der Waals surface area contributed by atoms with Crippen LogP contribution in [0.25, 0.3) is 22.3 Å². The van der Waals surface area contributed by atoms with Crippen LogP contribution in [0.2, 0.25) is 0 Å². The number of aromatic nitrogens is 4. The number of fused-ring (bicyclic) bond motifs is 1. The number of benzene rings is 2. The normalized spacial score (nSPS) is 17.6. The summed E-state index contributed by atoms with van der Waals surface area (Å²) in [6.45, 7) is 4.79. The Morgan fingerprint density at radius 1 is 1.09 bits per heavy atom. The van der Waals surface area contributed by atoms with Crippen LogP contribution in [-0.4, -0.2) is 45.2 Å². The first-order valence-electron chi connectivity index (χ1n) is 10.9. The molecular formula is C25H26N6O2. The molecule has 1 aliphatic heterocycles. The number of rotatable bonds is 6. The van der Waals surface area contributed by atoms with Crippen LogP contribution in [-0.2, 0) is 11.9 Å². The molecule has 0 bridgehead atoms. The van der Waals surface area contributed by atoms with Crippen LogP contribution >= 0.6 is 0 Å². The van der Waals surface area contributed by atoms with Crippen molar-refractivity contribution in [3.05, 3.63) is 61.1 Å². The average molecular weight is 443 g/mol. The highest BCUT2D eigenvalue weighted by Gasteiger charge is 2.30. The number of hydrogen-bond acceptors (Lipinski definition) is 7. The van der Waals surface area contributed by atoms with Gasteiger partial charge < -0.3 is 14.5 Å². The molecule has 1 aliphatic rings. The van der Waals surface area contributed by atoms with Gasteiger partial charge in [0.05, 0.1) is 48.5 Å². The number of hydrogen-bond donors (Lipinski definition) is 0. The van der Waals surface area contributed by atoms with E-state index in [2.05, 4.69) is 45.3 Å². The third-order valence-corrected chi connectivity index (χ3v) is 6.11. The summed E-state index contributed by atoms with van der Waals surface area (Å²) in [5.74, 6) is 1.03. The fourth-order valence-corrected chi connectivity index (χ4v) is 3.96. The molecule has 168 valence electrons. The Hall–Kier alpha value is -3.94. The summed E-state index contributed by atoms with van der Waals surface area (Å²) in [7, 11) is 3.56. The summed E-state index contributed by atoms with van der Waals surface area (Å²) in [6.07, 6.45) is 5.46. The molecule has 2 aromatic heterocycles. The monoisotopic (exact) mass is 442 g/mol. The Balaban J connectivity index is 1.56. The Labute approximate surface area is 192 Å². The average Bonchev–Trinajstić information content (AvgIpc) is 3.42. The number of nitrogens with zero attached hydrogens (tertiary/aromatic N) is 6. The molecule has 8 nitrogen and oxygen atoms in total. The molecule has 0 saturated heterocycles. The summed E-state index contributed by atoms with van der Waals surface area (Å²) in [5, 5.41) is 8.45. The molecule has 33 heavy (non-hydrogen) atoms. The van der Waals surface area contributed by atoms with Crippen molar-refractivity contribution in [1.29, 1.82) is 0 Å².